The van der Waals surface area contributed by atoms with Gasteiger partial charge in [0.2, 0.25) is 0 Å². The lowest BCUT2D eigenvalue weighted by atomic mass is 10.3. The number of aliphatic hydroxyl groups is 1. The third kappa shape index (κ3) is 4.74. The van der Waals surface area contributed by atoms with Crippen LogP contribution in [0.15, 0.2) is 30.3 Å². The van der Waals surface area contributed by atoms with Crippen LogP contribution in [0.3, 0.4) is 0 Å². The van der Waals surface area contributed by atoms with E-state index in [1.165, 1.54) is 5.69 Å². The van der Waals surface area contributed by atoms with E-state index in [0.717, 1.165) is 0 Å². The summed E-state index contributed by atoms with van der Waals surface area (Å²) >= 11 is 0. The second-order valence-electron chi connectivity index (χ2n) is 2.55. The summed E-state index contributed by atoms with van der Waals surface area (Å²) in [6, 6.07) is 10.3. The van der Waals surface area contributed by atoms with Crippen molar-refractivity contribution in [2.75, 3.05) is 25.6 Å². The molecule has 0 atom stereocenters. The maximum absolute atomic E-state index is 7.57. The maximum Gasteiger partial charge on any atom is 0.0402 e. The molecule has 0 aromatic heterocycles. The second-order valence-corrected chi connectivity index (χ2v) is 2.55. The standard InChI is InChI=1S/C8H11N.C2H6O/c1-9(2)8-6-4-3-5-7-8;1-2-3/h3-7H,1-2H3;3H,2H2,1H3. The molecule has 1 aromatic rings. The molecule has 2 heteroatoms. The van der Waals surface area contributed by atoms with Gasteiger partial charge in [-0.3, -0.25) is 0 Å². The van der Waals surface area contributed by atoms with Crippen LogP contribution in [-0.4, -0.2) is 25.8 Å². The molecule has 0 fully saturated rings. The Morgan fingerprint density at radius 3 is 1.83 bits per heavy atom. The van der Waals surface area contributed by atoms with Crippen molar-refractivity contribution in [1.29, 1.82) is 0 Å². The Bertz CT molecular complexity index is 184. The summed E-state index contributed by atoms with van der Waals surface area (Å²) in [5.41, 5.74) is 1.25. The van der Waals surface area contributed by atoms with Crippen LogP contribution >= 0.6 is 0 Å². The van der Waals surface area contributed by atoms with E-state index in [0.29, 0.717) is 0 Å². The van der Waals surface area contributed by atoms with E-state index in [4.69, 9.17) is 5.11 Å². The van der Waals surface area contributed by atoms with Crippen molar-refractivity contribution in [3.8, 4) is 0 Å². The van der Waals surface area contributed by atoms with Crippen molar-refractivity contribution < 1.29 is 5.11 Å². The fourth-order valence-corrected chi connectivity index (χ4v) is 0.726. The van der Waals surface area contributed by atoms with Crippen molar-refractivity contribution in [3.05, 3.63) is 30.3 Å². The van der Waals surface area contributed by atoms with Crippen LogP contribution in [-0.2, 0) is 0 Å². The number of hydrogen-bond donors (Lipinski definition) is 1. The van der Waals surface area contributed by atoms with Crippen molar-refractivity contribution in [1.82, 2.24) is 0 Å². The monoisotopic (exact) mass is 167 g/mol. The topological polar surface area (TPSA) is 23.5 Å². The summed E-state index contributed by atoms with van der Waals surface area (Å²) in [5, 5.41) is 7.57. The second kappa shape index (κ2) is 6.68. The Kier molecular flexibility index (Phi) is 6.11. The van der Waals surface area contributed by atoms with Gasteiger partial charge in [0.15, 0.2) is 0 Å². The van der Waals surface area contributed by atoms with Crippen LogP contribution in [0.2, 0.25) is 0 Å². The quantitative estimate of drug-likeness (QED) is 0.688. The first-order valence-corrected chi connectivity index (χ1v) is 4.05. The molecule has 0 amide bonds. The average molecular weight is 167 g/mol. The minimum Gasteiger partial charge on any atom is -0.397 e. The molecule has 12 heavy (non-hydrogen) atoms. The summed E-state index contributed by atoms with van der Waals surface area (Å²) in [5.74, 6) is 0. The number of hydrogen-bond acceptors (Lipinski definition) is 2. The first kappa shape index (κ1) is 11.0. The predicted octanol–water partition coefficient (Wildman–Crippen LogP) is 1.75. The molecule has 0 unspecified atom stereocenters. The zero-order valence-corrected chi connectivity index (χ0v) is 7.99. The van der Waals surface area contributed by atoms with Gasteiger partial charge >= 0.3 is 0 Å². The lowest BCUT2D eigenvalue weighted by Gasteiger charge is -2.10. The third-order valence-corrected chi connectivity index (χ3v) is 1.27. The lowest BCUT2D eigenvalue weighted by Crippen LogP contribution is -2.07. The van der Waals surface area contributed by atoms with Gasteiger partial charge in [0, 0.05) is 26.4 Å². The molecule has 1 aromatic carbocycles. The van der Waals surface area contributed by atoms with Crippen molar-refractivity contribution in [3.63, 3.8) is 0 Å². The van der Waals surface area contributed by atoms with E-state index >= 15 is 0 Å². The molecule has 0 aliphatic heterocycles. The van der Waals surface area contributed by atoms with Gasteiger partial charge in [-0.1, -0.05) is 18.2 Å². The zero-order chi connectivity index (χ0) is 9.40. The summed E-state index contributed by atoms with van der Waals surface area (Å²) in [7, 11) is 4.07. The smallest absolute Gasteiger partial charge is 0.0402 e. The largest absolute Gasteiger partial charge is 0.397 e. The van der Waals surface area contributed by atoms with E-state index < -0.39 is 0 Å². The minimum absolute atomic E-state index is 0.250. The van der Waals surface area contributed by atoms with E-state index in [-0.39, 0.29) is 6.61 Å². The summed E-state index contributed by atoms with van der Waals surface area (Å²) in [6.45, 7) is 1.93. The summed E-state index contributed by atoms with van der Waals surface area (Å²) < 4.78 is 0. The van der Waals surface area contributed by atoms with Gasteiger partial charge in [0.25, 0.3) is 0 Å². The SMILES string of the molecule is CCO.CN(C)c1ccccc1. The van der Waals surface area contributed by atoms with Crippen molar-refractivity contribution >= 4 is 5.69 Å². The third-order valence-electron chi connectivity index (χ3n) is 1.27. The number of para-hydroxylation sites is 1. The fraction of sp³-hybridized carbons (Fsp3) is 0.400. The van der Waals surface area contributed by atoms with E-state index in [9.17, 15) is 0 Å². The van der Waals surface area contributed by atoms with Crippen molar-refractivity contribution in [2.45, 2.75) is 6.92 Å². The molecule has 0 heterocycles. The first-order valence-electron chi connectivity index (χ1n) is 4.05. The molecule has 0 saturated carbocycles. The summed E-state index contributed by atoms with van der Waals surface area (Å²) in [6.07, 6.45) is 0. The minimum atomic E-state index is 0.250. The van der Waals surface area contributed by atoms with Crippen LogP contribution in [0, 0.1) is 0 Å². The molecular formula is C10H17NO. The zero-order valence-electron chi connectivity index (χ0n) is 7.99. The molecule has 0 aliphatic carbocycles. The number of aliphatic hydroxyl groups excluding tert-OH is 1. The van der Waals surface area contributed by atoms with Crippen LogP contribution < -0.4 is 4.90 Å². The summed E-state index contributed by atoms with van der Waals surface area (Å²) in [4.78, 5) is 2.08. The first-order chi connectivity index (χ1) is 5.72. The number of rotatable bonds is 1. The highest BCUT2D eigenvalue weighted by atomic mass is 16.2. The molecule has 1 rings (SSSR count). The highest BCUT2D eigenvalue weighted by molar-refractivity contribution is 5.43. The van der Waals surface area contributed by atoms with Gasteiger partial charge in [-0.2, -0.15) is 0 Å². The average Bonchev–Trinajstić information content (AvgIpc) is 2.07. The van der Waals surface area contributed by atoms with Gasteiger partial charge < -0.3 is 10.0 Å². The van der Waals surface area contributed by atoms with Crippen LogP contribution in [0.5, 0.6) is 0 Å². The maximum atomic E-state index is 7.57. The molecule has 0 aliphatic rings. The van der Waals surface area contributed by atoms with E-state index in [1.54, 1.807) is 6.92 Å². The van der Waals surface area contributed by atoms with Gasteiger partial charge in [0.05, 0.1) is 0 Å². The Labute approximate surface area is 74.5 Å². The van der Waals surface area contributed by atoms with Gasteiger partial charge in [-0.15, -0.1) is 0 Å². The molecule has 0 saturated heterocycles. The van der Waals surface area contributed by atoms with Crippen LogP contribution in [0.4, 0.5) is 5.69 Å². The number of nitrogens with zero attached hydrogens (tertiary/aromatic N) is 1. The molecule has 2 nitrogen and oxygen atoms in total. The van der Waals surface area contributed by atoms with Crippen molar-refractivity contribution in [2.24, 2.45) is 0 Å². The fourth-order valence-electron chi connectivity index (χ4n) is 0.726. The lowest BCUT2D eigenvalue weighted by molar-refractivity contribution is 0.318. The Morgan fingerprint density at radius 1 is 1.17 bits per heavy atom. The number of anilines is 1. The molecule has 68 valence electrons. The highest BCUT2D eigenvalue weighted by Gasteiger charge is 1.87. The normalized spacial score (nSPS) is 8.33. The molecule has 0 spiro atoms. The Hall–Kier alpha value is -1.02. The van der Waals surface area contributed by atoms with Gasteiger partial charge in [-0.25, -0.2) is 0 Å². The molecule has 0 bridgehead atoms. The van der Waals surface area contributed by atoms with E-state index in [2.05, 4.69) is 17.0 Å². The highest BCUT2D eigenvalue weighted by Crippen LogP contribution is 2.07. The Morgan fingerprint density at radius 2 is 1.58 bits per heavy atom. The van der Waals surface area contributed by atoms with Gasteiger partial charge in [-0.05, 0) is 19.1 Å². The predicted molar refractivity (Wildman–Crippen MR) is 53.5 cm³/mol. The Balaban J connectivity index is 0.000000354. The van der Waals surface area contributed by atoms with Crippen LogP contribution in [0.1, 0.15) is 6.92 Å². The molecular weight excluding hydrogens is 150 g/mol. The van der Waals surface area contributed by atoms with E-state index in [1.807, 2.05) is 32.3 Å². The molecule has 1 N–H and O–H groups in total. The van der Waals surface area contributed by atoms with Gasteiger partial charge in [0.1, 0.15) is 0 Å². The number of benzene rings is 1. The molecule has 0 radical (unpaired) electrons. The van der Waals surface area contributed by atoms with Crippen LogP contribution in [0.25, 0.3) is 0 Å².